The Labute approximate surface area is 651 Å². The van der Waals surface area contributed by atoms with Gasteiger partial charge in [0.05, 0.1) is 26.4 Å². The molecule has 0 rings (SSSR count). The number of carbonyl (C=O) groups excluding carboxylic acids is 4. The number of hydrogen-bond donors (Lipinski definition) is 3. The van der Waals surface area contributed by atoms with Crippen LogP contribution in [0, 0.1) is 5.92 Å². The molecule has 3 N–H and O–H groups in total. The largest absolute Gasteiger partial charge is 0.472 e. The molecule has 5 atom stereocenters. The van der Waals surface area contributed by atoms with Crippen LogP contribution in [0.1, 0.15) is 471 Å². The van der Waals surface area contributed by atoms with E-state index in [1.54, 1.807) is 0 Å². The molecule has 2 unspecified atom stereocenters. The van der Waals surface area contributed by atoms with Crippen molar-refractivity contribution in [1.82, 2.24) is 0 Å². The molecule has 0 aromatic carbocycles. The minimum Gasteiger partial charge on any atom is -0.462 e. The Kier molecular flexibility index (Phi) is 78.2. The summed E-state index contributed by atoms with van der Waals surface area (Å²) in [6.45, 7) is 7.39. The van der Waals surface area contributed by atoms with Crippen LogP contribution in [-0.2, 0) is 65.4 Å². The molecule has 0 aliphatic rings. The van der Waals surface area contributed by atoms with Gasteiger partial charge in [0.25, 0.3) is 0 Å². The van der Waals surface area contributed by atoms with Crippen molar-refractivity contribution in [3.05, 3.63) is 0 Å². The summed E-state index contributed by atoms with van der Waals surface area (Å²) in [6, 6.07) is 0. The highest BCUT2D eigenvalue weighted by Crippen LogP contribution is 2.45. The lowest BCUT2D eigenvalue weighted by molar-refractivity contribution is -0.161. The molecule has 0 spiro atoms. The second-order valence-corrected chi connectivity index (χ2v) is 34.7. The molecule has 0 radical (unpaired) electrons. The van der Waals surface area contributed by atoms with Crippen LogP contribution in [0.4, 0.5) is 0 Å². The van der Waals surface area contributed by atoms with Crippen LogP contribution in [0.3, 0.4) is 0 Å². The first kappa shape index (κ1) is 104. The van der Waals surface area contributed by atoms with E-state index in [0.29, 0.717) is 25.7 Å². The van der Waals surface area contributed by atoms with Gasteiger partial charge in [-0.1, -0.05) is 420 Å². The highest BCUT2D eigenvalue weighted by molar-refractivity contribution is 7.47. The molecular weight excluding hydrogens is 1380 g/mol. The second-order valence-electron chi connectivity index (χ2n) is 31.8. The topological polar surface area (TPSA) is 237 Å². The number of carbonyl (C=O) groups is 4. The Bertz CT molecular complexity index is 2010. The fourth-order valence-electron chi connectivity index (χ4n) is 13.6. The molecule has 106 heavy (non-hydrogen) atoms. The van der Waals surface area contributed by atoms with Crippen LogP contribution in [-0.4, -0.2) is 96.7 Å². The Morgan fingerprint density at radius 2 is 0.434 bits per heavy atom. The molecule has 0 heterocycles. The number of aliphatic hydroxyl groups excluding tert-OH is 1. The van der Waals surface area contributed by atoms with Crippen LogP contribution in [0.2, 0.25) is 0 Å². The molecule has 17 nitrogen and oxygen atoms in total. The van der Waals surface area contributed by atoms with Crippen molar-refractivity contribution in [2.24, 2.45) is 5.92 Å². The highest BCUT2D eigenvalue weighted by atomic mass is 31.2. The van der Waals surface area contributed by atoms with Gasteiger partial charge in [-0.15, -0.1) is 0 Å². The zero-order valence-electron chi connectivity index (χ0n) is 69.6. The van der Waals surface area contributed by atoms with Gasteiger partial charge < -0.3 is 33.8 Å². The zero-order valence-corrected chi connectivity index (χ0v) is 71.4. The first-order valence-electron chi connectivity index (χ1n) is 45.1. The van der Waals surface area contributed by atoms with E-state index in [-0.39, 0.29) is 25.7 Å². The minimum atomic E-state index is -4.97. The minimum absolute atomic E-state index is 0.108. The van der Waals surface area contributed by atoms with Gasteiger partial charge in [0.2, 0.25) is 0 Å². The van der Waals surface area contributed by atoms with Crippen molar-refractivity contribution in [3.8, 4) is 0 Å². The molecule has 0 aromatic heterocycles. The summed E-state index contributed by atoms with van der Waals surface area (Å²) in [6.07, 6.45) is 73.5. The van der Waals surface area contributed by atoms with E-state index in [1.807, 2.05) is 0 Å². The molecule has 630 valence electrons. The van der Waals surface area contributed by atoms with Gasteiger partial charge in [-0.05, 0) is 31.6 Å². The molecule has 0 amide bonds. The third-order valence-electron chi connectivity index (χ3n) is 20.5. The SMILES string of the molecule is CCCCCCCCCCCCCCCCCCCCCCCC(=O)O[C@H](COC(=O)CCCCCCCCCCCCCCCCCCC)COP(=O)(O)OC[C@@H](O)COP(=O)(O)OC[C@@H](COC(=O)CCCCCCCCCCCCCCC)OC(=O)CCCCCCCCCCCCCCC(C)C. The third-order valence-corrected chi connectivity index (χ3v) is 22.4. The van der Waals surface area contributed by atoms with Crippen molar-refractivity contribution in [2.75, 3.05) is 39.6 Å². The zero-order chi connectivity index (χ0) is 77.6. The summed E-state index contributed by atoms with van der Waals surface area (Å²) in [5.41, 5.74) is 0. The van der Waals surface area contributed by atoms with Crippen LogP contribution < -0.4 is 0 Å². The molecule has 0 bridgehead atoms. The van der Waals surface area contributed by atoms with E-state index >= 15 is 0 Å². The molecule has 0 aromatic rings. The number of phosphoric acid groups is 2. The van der Waals surface area contributed by atoms with Gasteiger partial charge in [0.1, 0.15) is 19.3 Å². The van der Waals surface area contributed by atoms with E-state index in [2.05, 4.69) is 34.6 Å². The summed E-state index contributed by atoms with van der Waals surface area (Å²) in [5, 5.41) is 10.7. The van der Waals surface area contributed by atoms with Crippen molar-refractivity contribution < 1.29 is 80.2 Å². The lowest BCUT2D eigenvalue weighted by Crippen LogP contribution is -2.30. The van der Waals surface area contributed by atoms with Gasteiger partial charge in [-0.3, -0.25) is 37.3 Å². The Morgan fingerprint density at radius 3 is 0.642 bits per heavy atom. The molecule has 0 saturated carbocycles. The predicted molar refractivity (Wildman–Crippen MR) is 437 cm³/mol. The smallest absolute Gasteiger partial charge is 0.462 e. The van der Waals surface area contributed by atoms with Crippen molar-refractivity contribution in [2.45, 2.75) is 490 Å². The van der Waals surface area contributed by atoms with Crippen molar-refractivity contribution in [1.29, 1.82) is 0 Å². The second kappa shape index (κ2) is 79.7. The quantitative estimate of drug-likeness (QED) is 0.0222. The molecule has 0 aliphatic carbocycles. The van der Waals surface area contributed by atoms with Gasteiger partial charge in [0, 0.05) is 25.7 Å². The maximum atomic E-state index is 13.2. The van der Waals surface area contributed by atoms with Crippen molar-refractivity contribution in [3.63, 3.8) is 0 Å². The fraction of sp³-hybridized carbons (Fsp3) is 0.954. The maximum absolute atomic E-state index is 13.2. The summed E-state index contributed by atoms with van der Waals surface area (Å²) >= 11 is 0. The standard InChI is InChI=1S/C87H170O17P2/c1-6-9-12-15-18-21-24-27-29-31-32-33-34-36-38-41-47-52-57-62-67-72-86(91)103-82(77-98-85(90)71-66-61-56-51-46-40-37-35-30-28-25-22-19-16-13-10-7-2)78-101-105(93,94)99-74-81(88)75-100-106(95,96)102-79-83(76-97-84(89)70-65-60-55-50-45-39-26-23-20-17-14-11-8-3)104-87(92)73-68-63-58-53-48-43-42-44-49-54-59-64-69-80(4)5/h80-83,88H,6-79H2,1-5H3,(H,93,94)(H,95,96)/t81-,82-,83-/m1/s1. The summed E-state index contributed by atoms with van der Waals surface area (Å²) < 4.78 is 69.0. The normalized spacial score (nSPS) is 13.7. The van der Waals surface area contributed by atoms with Gasteiger partial charge in [0.15, 0.2) is 12.2 Å². The monoisotopic (exact) mass is 1550 g/mol. The summed E-state index contributed by atoms with van der Waals surface area (Å²) in [5.74, 6) is -1.32. The van der Waals surface area contributed by atoms with Crippen LogP contribution in [0.25, 0.3) is 0 Å². The predicted octanol–water partition coefficient (Wildman–Crippen LogP) is 26.8. The van der Waals surface area contributed by atoms with Crippen molar-refractivity contribution >= 4 is 39.5 Å². The summed E-state index contributed by atoms with van der Waals surface area (Å²) in [4.78, 5) is 73.3. The number of hydrogen-bond acceptors (Lipinski definition) is 15. The molecule has 0 saturated heterocycles. The fourth-order valence-corrected chi connectivity index (χ4v) is 15.2. The van der Waals surface area contributed by atoms with E-state index in [0.717, 1.165) is 95.8 Å². The van der Waals surface area contributed by atoms with Crippen LogP contribution >= 0.6 is 15.6 Å². The van der Waals surface area contributed by atoms with E-state index in [9.17, 15) is 43.2 Å². The average molecular weight is 1550 g/mol. The highest BCUT2D eigenvalue weighted by Gasteiger charge is 2.30. The van der Waals surface area contributed by atoms with E-state index < -0.39 is 97.5 Å². The number of aliphatic hydroxyl groups is 1. The maximum Gasteiger partial charge on any atom is 0.472 e. The number of unbranched alkanes of at least 4 members (excludes halogenated alkanes) is 59. The first-order chi connectivity index (χ1) is 51.5. The van der Waals surface area contributed by atoms with E-state index in [1.165, 1.54) is 295 Å². The molecular formula is C87H170O17P2. The van der Waals surface area contributed by atoms with Gasteiger partial charge in [-0.2, -0.15) is 0 Å². The molecule has 0 aliphatic heterocycles. The molecule has 0 fully saturated rings. The number of ether oxygens (including phenoxy) is 4. The molecule has 19 heteroatoms. The number of esters is 4. The lowest BCUT2D eigenvalue weighted by Gasteiger charge is -2.21. The Morgan fingerprint density at radius 1 is 0.255 bits per heavy atom. The first-order valence-corrected chi connectivity index (χ1v) is 48.1. The Hall–Kier alpha value is -1.94. The summed E-state index contributed by atoms with van der Waals surface area (Å²) in [7, 11) is -9.93. The Balaban J connectivity index is 5.25. The third kappa shape index (κ3) is 80.1. The van der Waals surface area contributed by atoms with Gasteiger partial charge in [-0.25, -0.2) is 9.13 Å². The van der Waals surface area contributed by atoms with Gasteiger partial charge >= 0.3 is 39.5 Å². The number of rotatable bonds is 87. The average Bonchev–Trinajstić information content (AvgIpc) is 0.904. The van der Waals surface area contributed by atoms with Crippen LogP contribution in [0.15, 0.2) is 0 Å². The van der Waals surface area contributed by atoms with Crippen LogP contribution in [0.5, 0.6) is 0 Å². The lowest BCUT2D eigenvalue weighted by atomic mass is 10.0. The number of phosphoric ester groups is 2. The van der Waals surface area contributed by atoms with E-state index in [4.69, 9.17) is 37.0 Å².